The van der Waals surface area contributed by atoms with Gasteiger partial charge < -0.3 is 16.4 Å². The van der Waals surface area contributed by atoms with Crippen molar-refractivity contribution in [3.63, 3.8) is 0 Å². The Morgan fingerprint density at radius 1 is 0.947 bits per heavy atom. The summed E-state index contributed by atoms with van der Waals surface area (Å²) in [5, 5.41) is 0. The molecule has 4 nitrogen and oxygen atoms in total. The summed E-state index contributed by atoms with van der Waals surface area (Å²) in [6, 6.07) is 18.9. The predicted molar refractivity (Wildman–Crippen MR) is 77.1 cm³/mol. The lowest BCUT2D eigenvalue weighted by molar-refractivity contribution is -0.119. The van der Waals surface area contributed by atoms with Crippen molar-refractivity contribution < 1.29 is 4.79 Å². The lowest BCUT2D eigenvalue weighted by atomic mass is 10.2. The van der Waals surface area contributed by atoms with E-state index in [9.17, 15) is 4.79 Å². The summed E-state index contributed by atoms with van der Waals surface area (Å²) in [5.41, 5.74) is 13.0. The average molecular weight is 255 g/mol. The first kappa shape index (κ1) is 13.1. The molecule has 0 aromatic heterocycles. The maximum absolute atomic E-state index is 11.2. The van der Waals surface area contributed by atoms with Crippen LogP contribution in [0.2, 0.25) is 0 Å². The average Bonchev–Trinajstić information content (AvgIpc) is 2.46. The zero-order valence-corrected chi connectivity index (χ0v) is 10.6. The number of primary amides is 1. The monoisotopic (exact) mass is 255 g/mol. The van der Waals surface area contributed by atoms with E-state index in [4.69, 9.17) is 11.5 Å². The minimum absolute atomic E-state index is 0.351. The molecule has 2 rings (SSSR count). The van der Waals surface area contributed by atoms with Crippen LogP contribution in [0.1, 0.15) is 0 Å². The Bertz CT molecular complexity index is 488. The van der Waals surface area contributed by atoms with Crippen molar-refractivity contribution in [1.29, 1.82) is 0 Å². The van der Waals surface area contributed by atoms with Gasteiger partial charge in [0.25, 0.3) is 0 Å². The fourth-order valence-corrected chi connectivity index (χ4v) is 1.86. The van der Waals surface area contributed by atoms with Gasteiger partial charge in [-0.1, -0.05) is 36.4 Å². The number of benzene rings is 2. The molecule has 0 spiro atoms. The molecule has 0 aliphatic heterocycles. The van der Waals surface area contributed by atoms with E-state index in [1.165, 1.54) is 0 Å². The first-order valence-electron chi connectivity index (χ1n) is 6.11. The molecule has 0 saturated carbocycles. The molecule has 1 amide bonds. The molecule has 19 heavy (non-hydrogen) atoms. The highest BCUT2D eigenvalue weighted by molar-refractivity contribution is 5.81. The molecule has 0 aliphatic rings. The van der Waals surface area contributed by atoms with Gasteiger partial charge in [-0.2, -0.15) is 0 Å². The summed E-state index contributed by atoms with van der Waals surface area (Å²) >= 11 is 0. The van der Waals surface area contributed by atoms with Crippen LogP contribution < -0.4 is 16.4 Å². The van der Waals surface area contributed by atoms with Gasteiger partial charge in [-0.3, -0.25) is 4.79 Å². The number of carbonyl (C=O) groups is 1. The number of nitrogens with two attached hydrogens (primary N) is 2. The van der Waals surface area contributed by atoms with Crippen LogP contribution in [0.5, 0.6) is 0 Å². The largest absolute Gasteiger partial charge is 0.368 e. The zero-order valence-electron chi connectivity index (χ0n) is 10.6. The van der Waals surface area contributed by atoms with E-state index in [0.717, 1.165) is 11.4 Å². The van der Waals surface area contributed by atoms with E-state index in [1.54, 1.807) is 0 Å². The van der Waals surface area contributed by atoms with Crippen molar-refractivity contribution in [2.24, 2.45) is 11.5 Å². The third-order valence-electron chi connectivity index (χ3n) is 2.88. The van der Waals surface area contributed by atoms with E-state index in [-0.39, 0.29) is 0 Å². The van der Waals surface area contributed by atoms with Crippen LogP contribution in [-0.2, 0) is 4.79 Å². The normalized spacial score (nSPS) is 11.8. The first-order valence-corrected chi connectivity index (χ1v) is 6.11. The molecule has 2 aromatic carbocycles. The van der Waals surface area contributed by atoms with Crippen LogP contribution in [0.3, 0.4) is 0 Å². The Hall–Kier alpha value is -2.33. The molecule has 4 N–H and O–H groups in total. The van der Waals surface area contributed by atoms with Gasteiger partial charge in [0.2, 0.25) is 5.91 Å². The highest BCUT2D eigenvalue weighted by Crippen LogP contribution is 2.24. The highest BCUT2D eigenvalue weighted by atomic mass is 16.1. The van der Waals surface area contributed by atoms with E-state index < -0.39 is 11.9 Å². The molecular weight excluding hydrogens is 238 g/mol. The molecule has 0 saturated heterocycles. The van der Waals surface area contributed by atoms with Gasteiger partial charge in [0.15, 0.2) is 0 Å². The second-order valence-corrected chi connectivity index (χ2v) is 4.29. The number of hydrogen-bond acceptors (Lipinski definition) is 3. The predicted octanol–water partition coefficient (Wildman–Crippen LogP) is 1.64. The highest BCUT2D eigenvalue weighted by Gasteiger charge is 2.16. The maximum atomic E-state index is 11.2. The Morgan fingerprint density at radius 2 is 1.37 bits per heavy atom. The molecule has 1 atom stereocenters. The Labute approximate surface area is 112 Å². The number of amides is 1. The number of hydrogen-bond donors (Lipinski definition) is 2. The van der Waals surface area contributed by atoms with E-state index >= 15 is 0 Å². The molecule has 98 valence electrons. The minimum atomic E-state index is -0.708. The summed E-state index contributed by atoms with van der Waals surface area (Å²) in [6.07, 6.45) is 0. The molecule has 0 fully saturated rings. The molecular formula is C15H17N3O. The second-order valence-electron chi connectivity index (χ2n) is 4.29. The van der Waals surface area contributed by atoms with Crippen molar-refractivity contribution in [2.75, 3.05) is 11.4 Å². The molecule has 0 aliphatic carbocycles. The third kappa shape index (κ3) is 3.33. The summed E-state index contributed by atoms with van der Waals surface area (Å²) in [4.78, 5) is 13.1. The molecule has 0 heterocycles. The summed E-state index contributed by atoms with van der Waals surface area (Å²) < 4.78 is 0. The lowest BCUT2D eigenvalue weighted by Crippen LogP contribution is -2.44. The second kappa shape index (κ2) is 6.02. The number of carbonyl (C=O) groups excluding carboxylic acids is 1. The summed E-state index contributed by atoms with van der Waals surface area (Å²) in [6.45, 7) is 0.351. The molecule has 4 heteroatoms. The van der Waals surface area contributed by atoms with Crippen LogP contribution in [0.15, 0.2) is 60.7 Å². The summed E-state index contributed by atoms with van der Waals surface area (Å²) in [7, 11) is 0. The van der Waals surface area contributed by atoms with Crippen LogP contribution in [0, 0.1) is 0 Å². The minimum Gasteiger partial charge on any atom is -0.368 e. The topological polar surface area (TPSA) is 72.3 Å². The van der Waals surface area contributed by atoms with Gasteiger partial charge in [-0.15, -0.1) is 0 Å². The van der Waals surface area contributed by atoms with Crippen LogP contribution in [0.25, 0.3) is 0 Å². The van der Waals surface area contributed by atoms with Crippen LogP contribution in [-0.4, -0.2) is 18.5 Å². The Balaban J connectivity index is 2.32. The zero-order chi connectivity index (χ0) is 13.7. The van der Waals surface area contributed by atoms with E-state index in [0.29, 0.717) is 6.54 Å². The van der Waals surface area contributed by atoms with E-state index in [1.807, 2.05) is 65.6 Å². The number of nitrogens with zero attached hydrogens (tertiary/aromatic N) is 1. The van der Waals surface area contributed by atoms with Crippen molar-refractivity contribution in [1.82, 2.24) is 0 Å². The molecule has 2 aromatic rings. The molecule has 0 bridgehead atoms. The smallest absolute Gasteiger partial charge is 0.236 e. The van der Waals surface area contributed by atoms with Crippen LogP contribution in [0.4, 0.5) is 11.4 Å². The fourth-order valence-electron chi connectivity index (χ4n) is 1.86. The Morgan fingerprint density at radius 3 is 1.74 bits per heavy atom. The third-order valence-corrected chi connectivity index (χ3v) is 2.88. The van der Waals surface area contributed by atoms with Gasteiger partial charge >= 0.3 is 0 Å². The van der Waals surface area contributed by atoms with Crippen LogP contribution >= 0.6 is 0 Å². The quantitative estimate of drug-likeness (QED) is 0.853. The van der Waals surface area contributed by atoms with Crippen molar-refractivity contribution in [3.05, 3.63) is 60.7 Å². The summed E-state index contributed by atoms with van der Waals surface area (Å²) in [5.74, 6) is -0.503. The van der Waals surface area contributed by atoms with E-state index in [2.05, 4.69) is 0 Å². The van der Waals surface area contributed by atoms with Gasteiger partial charge in [-0.25, -0.2) is 0 Å². The van der Waals surface area contributed by atoms with Gasteiger partial charge in [0.1, 0.15) is 6.04 Å². The maximum Gasteiger partial charge on any atom is 0.236 e. The van der Waals surface area contributed by atoms with Crippen molar-refractivity contribution >= 4 is 17.3 Å². The number of rotatable bonds is 5. The van der Waals surface area contributed by atoms with Gasteiger partial charge in [-0.05, 0) is 24.3 Å². The number of para-hydroxylation sites is 2. The first-order chi connectivity index (χ1) is 9.18. The fraction of sp³-hybridized carbons (Fsp3) is 0.133. The van der Waals surface area contributed by atoms with Crippen molar-refractivity contribution in [2.45, 2.75) is 6.04 Å². The van der Waals surface area contributed by atoms with Gasteiger partial charge in [0, 0.05) is 17.9 Å². The molecule has 0 radical (unpaired) electrons. The number of anilines is 2. The Kier molecular flexibility index (Phi) is 4.15. The standard InChI is InChI=1S/C15H17N3O/c16-14(15(17)19)11-18(12-7-3-1-4-8-12)13-9-5-2-6-10-13/h1-10,14H,11,16H2,(H2,17,19)/t14-/m0/s1. The lowest BCUT2D eigenvalue weighted by Gasteiger charge is -2.26. The van der Waals surface area contributed by atoms with Gasteiger partial charge in [0.05, 0.1) is 0 Å². The molecule has 0 unspecified atom stereocenters. The van der Waals surface area contributed by atoms with Crippen molar-refractivity contribution in [3.8, 4) is 0 Å². The SMILES string of the molecule is NC(=O)[C@@H](N)CN(c1ccccc1)c1ccccc1.